The van der Waals surface area contributed by atoms with Gasteiger partial charge in [0.25, 0.3) is 5.91 Å². The van der Waals surface area contributed by atoms with E-state index in [2.05, 4.69) is 13.0 Å². The molecule has 0 unspecified atom stereocenters. The van der Waals surface area contributed by atoms with Crippen molar-refractivity contribution in [3.8, 4) is 0 Å². The van der Waals surface area contributed by atoms with Crippen molar-refractivity contribution in [2.45, 2.75) is 26.7 Å². The molecule has 0 N–H and O–H groups in total. The Hall–Kier alpha value is -2.09. The smallest absolute Gasteiger partial charge is 0.258 e. The second kappa shape index (κ2) is 6.38. The van der Waals surface area contributed by atoms with E-state index < -0.39 is 0 Å². The summed E-state index contributed by atoms with van der Waals surface area (Å²) in [5, 5.41) is 0. The molecule has 2 aromatic carbocycles. The van der Waals surface area contributed by atoms with Gasteiger partial charge in [-0.05, 0) is 43.2 Å². The van der Waals surface area contributed by atoms with Gasteiger partial charge in [0.1, 0.15) is 0 Å². The van der Waals surface area contributed by atoms with Gasteiger partial charge < -0.3 is 4.90 Å². The number of amides is 1. The van der Waals surface area contributed by atoms with Crippen molar-refractivity contribution in [3.63, 3.8) is 0 Å². The van der Waals surface area contributed by atoms with Crippen molar-refractivity contribution >= 4 is 11.6 Å². The summed E-state index contributed by atoms with van der Waals surface area (Å²) in [5.74, 6) is 0.0341. The summed E-state index contributed by atoms with van der Waals surface area (Å²) >= 11 is 0. The maximum Gasteiger partial charge on any atom is 0.258 e. The number of rotatable bonds is 4. The van der Waals surface area contributed by atoms with Crippen LogP contribution >= 0.6 is 0 Å². The van der Waals surface area contributed by atoms with Crippen molar-refractivity contribution in [3.05, 3.63) is 65.2 Å². The Morgan fingerprint density at radius 1 is 1.10 bits per heavy atom. The fourth-order valence-electron chi connectivity index (χ4n) is 2.23. The first-order valence-electron chi connectivity index (χ1n) is 7.05. The monoisotopic (exact) mass is 267 g/mol. The zero-order valence-electron chi connectivity index (χ0n) is 12.4. The molecule has 0 radical (unpaired) electrons. The van der Waals surface area contributed by atoms with Crippen LogP contribution in [0.3, 0.4) is 0 Å². The summed E-state index contributed by atoms with van der Waals surface area (Å²) in [6, 6.07) is 15.9. The lowest BCUT2D eigenvalue weighted by molar-refractivity contribution is 0.0993. The average Bonchev–Trinajstić information content (AvgIpc) is 2.47. The molecule has 0 spiro atoms. The number of hydrogen-bond acceptors (Lipinski definition) is 1. The molecule has 0 aliphatic heterocycles. The maximum atomic E-state index is 12.5. The summed E-state index contributed by atoms with van der Waals surface area (Å²) in [6.45, 7) is 4.19. The molecule has 2 nitrogen and oxygen atoms in total. The van der Waals surface area contributed by atoms with Gasteiger partial charge in [0.05, 0.1) is 0 Å². The van der Waals surface area contributed by atoms with Crippen LogP contribution in [0.2, 0.25) is 0 Å². The predicted octanol–water partition coefficient (Wildman–Crippen LogP) is 4.22. The van der Waals surface area contributed by atoms with E-state index in [1.807, 2.05) is 56.4 Å². The molecule has 0 saturated carbocycles. The predicted molar refractivity (Wildman–Crippen MR) is 84.3 cm³/mol. The van der Waals surface area contributed by atoms with E-state index in [0.717, 1.165) is 24.1 Å². The molecule has 2 heteroatoms. The lowest BCUT2D eigenvalue weighted by Gasteiger charge is -2.18. The third-order valence-electron chi connectivity index (χ3n) is 3.44. The molecule has 2 aromatic rings. The van der Waals surface area contributed by atoms with Gasteiger partial charge in [-0.25, -0.2) is 0 Å². The van der Waals surface area contributed by atoms with Crippen molar-refractivity contribution in [1.82, 2.24) is 0 Å². The van der Waals surface area contributed by atoms with Crippen molar-refractivity contribution in [1.29, 1.82) is 0 Å². The number of carbonyl (C=O) groups is 1. The lowest BCUT2D eigenvalue weighted by atomic mass is 10.1. The van der Waals surface area contributed by atoms with Crippen LogP contribution in [0.15, 0.2) is 48.5 Å². The highest BCUT2D eigenvalue weighted by Gasteiger charge is 2.13. The van der Waals surface area contributed by atoms with Gasteiger partial charge in [0.15, 0.2) is 0 Å². The Balaban J connectivity index is 2.21. The van der Waals surface area contributed by atoms with Gasteiger partial charge in [-0.1, -0.05) is 43.2 Å². The van der Waals surface area contributed by atoms with Gasteiger partial charge in [-0.3, -0.25) is 4.79 Å². The van der Waals surface area contributed by atoms with Crippen LogP contribution in [0.1, 0.15) is 34.8 Å². The molecule has 2 rings (SSSR count). The number of benzene rings is 2. The van der Waals surface area contributed by atoms with E-state index in [0.29, 0.717) is 0 Å². The number of anilines is 1. The summed E-state index contributed by atoms with van der Waals surface area (Å²) in [4.78, 5) is 14.2. The minimum atomic E-state index is 0.0341. The number of aryl methyl sites for hydroxylation is 2. The SMILES string of the molecule is CCCc1cccc(C(=O)N(C)c2ccc(C)cc2)c1. The minimum absolute atomic E-state index is 0.0341. The summed E-state index contributed by atoms with van der Waals surface area (Å²) in [7, 11) is 1.82. The molecule has 1 amide bonds. The fraction of sp³-hybridized carbons (Fsp3) is 0.278. The van der Waals surface area contributed by atoms with Crippen LogP contribution in [-0.4, -0.2) is 13.0 Å². The normalized spacial score (nSPS) is 10.3. The molecule has 0 saturated heterocycles. The zero-order valence-corrected chi connectivity index (χ0v) is 12.4. The van der Waals surface area contributed by atoms with Gasteiger partial charge >= 0.3 is 0 Å². The zero-order chi connectivity index (χ0) is 14.5. The number of carbonyl (C=O) groups excluding carboxylic acids is 1. The Kier molecular flexibility index (Phi) is 4.57. The molecular weight excluding hydrogens is 246 g/mol. The van der Waals surface area contributed by atoms with Gasteiger partial charge in [0.2, 0.25) is 0 Å². The molecule has 20 heavy (non-hydrogen) atoms. The number of nitrogens with zero attached hydrogens (tertiary/aromatic N) is 1. The first-order chi connectivity index (χ1) is 9.61. The second-order valence-corrected chi connectivity index (χ2v) is 5.15. The molecule has 0 aliphatic rings. The van der Waals surface area contributed by atoms with Crippen LogP contribution in [0.5, 0.6) is 0 Å². The summed E-state index contributed by atoms with van der Waals surface area (Å²) in [5.41, 5.74) is 4.08. The molecule has 0 atom stereocenters. The van der Waals surface area contributed by atoms with Crippen LogP contribution < -0.4 is 4.90 Å². The molecule has 0 aliphatic carbocycles. The van der Waals surface area contributed by atoms with Crippen LogP contribution in [-0.2, 0) is 6.42 Å². The van der Waals surface area contributed by atoms with Crippen LogP contribution in [0.4, 0.5) is 5.69 Å². The van der Waals surface area contributed by atoms with E-state index in [1.54, 1.807) is 4.90 Å². The molecule has 0 heterocycles. The van der Waals surface area contributed by atoms with E-state index >= 15 is 0 Å². The van der Waals surface area contributed by atoms with Crippen molar-refractivity contribution < 1.29 is 4.79 Å². The highest BCUT2D eigenvalue weighted by molar-refractivity contribution is 6.05. The Morgan fingerprint density at radius 3 is 2.45 bits per heavy atom. The van der Waals surface area contributed by atoms with Gasteiger partial charge in [-0.2, -0.15) is 0 Å². The van der Waals surface area contributed by atoms with Crippen LogP contribution in [0.25, 0.3) is 0 Å². The second-order valence-electron chi connectivity index (χ2n) is 5.15. The van der Waals surface area contributed by atoms with E-state index in [-0.39, 0.29) is 5.91 Å². The van der Waals surface area contributed by atoms with Gasteiger partial charge in [0, 0.05) is 18.3 Å². The van der Waals surface area contributed by atoms with Crippen molar-refractivity contribution in [2.24, 2.45) is 0 Å². The maximum absolute atomic E-state index is 12.5. The standard InChI is InChI=1S/C18H21NO/c1-4-6-15-7-5-8-16(13-15)18(20)19(3)17-11-9-14(2)10-12-17/h5,7-13H,4,6H2,1-3H3. The van der Waals surface area contributed by atoms with E-state index in [1.165, 1.54) is 11.1 Å². The lowest BCUT2D eigenvalue weighted by Crippen LogP contribution is -2.26. The van der Waals surface area contributed by atoms with Crippen LogP contribution in [0, 0.1) is 6.92 Å². The van der Waals surface area contributed by atoms with E-state index in [9.17, 15) is 4.79 Å². The molecule has 0 aromatic heterocycles. The largest absolute Gasteiger partial charge is 0.311 e. The Labute approximate surface area is 121 Å². The first-order valence-corrected chi connectivity index (χ1v) is 7.05. The summed E-state index contributed by atoms with van der Waals surface area (Å²) in [6.07, 6.45) is 2.10. The minimum Gasteiger partial charge on any atom is -0.311 e. The number of hydrogen-bond donors (Lipinski definition) is 0. The Morgan fingerprint density at radius 2 is 1.80 bits per heavy atom. The highest BCUT2D eigenvalue weighted by atomic mass is 16.2. The molecular formula is C18H21NO. The van der Waals surface area contributed by atoms with E-state index in [4.69, 9.17) is 0 Å². The quantitative estimate of drug-likeness (QED) is 0.812. The fourth-order valence-corrected chi connectivity index (χ4v) is 2.23. The average molecular weight is 267 g/mol. The Bertz CT molecular complexity index is 587. The topological polar surface area (TPSA) is 20.3 Å². The third-order valence-corrected chi connectivity index (χ3v) is 3.44. The van der Waals surface area contributed by atoms with Crippen molar-refractivity contribution in [2.75, 3.05) is 11.9 Å². The molecule has 0 fully saturated rings. The first kappa shape index (κ1) is 14.3. The summed E-state index contributed by atoms with van der Waals surface area (Å²) < 4.78 is 0. The van der Waals surface area contributed by atoms with Gasteiger partial charge in [-0.15, -0.1) is 0 Å². The highest BCUT2D eigenvalue weighted by Crippen LogP contribution is 2.17. The molecule has 0 bridgehead atoms. The molecule has 104 valence electrons. The third kappa shape index (κ3) is 3.27.